The van der Waals surface area contributed by atoms with E-state index in [0.29, 0.717) is 6.54 Å². The molecule has 0 heterocycles. The van der Waals surface area contributed by atoms with Gasteiger partial charge in [0, 0.05) is 12.6 Å². The van der Waals surface area contributed by atoms with Crippen LogP contribution in [0.3, 0.4) is 0 Å². The van der Waals surface area contributed by atoms with Crippen LogP contribution in [0.2, 0.25) is 0 Å². The Morgan fingerprint density at radius 3 is 2.65 bits per heavy atom. The van der Waals surface area contributed by atoms with Gasteiger partial charge in [-0.15, -0.1) is 0 Å². The smallest absolute Gasteiger partial charge is 0.210 e. The highest BCUT2D eigenvalue weighted by Gasteiger charge is 2.11. The van der Waals surface area contributed by atoms with Crippen molar-refractivity contribution in [1.29, 1.82) is 0 Å². The highest BCUT2D eigenvalue weighted by molar-refractivity contribution is 5.48. The highest BCUT2D eigenvalue weighted by atomic mass is 16.1. The number of rotatable bonds is 6. The van der Waals surface area contributed by atoms with Gasteiger partial charge in [0.15, 0.2) is 0 Å². The third kappa shape index (κ3) is 4.06. The van der Waals surface area contributed by atoms with E-state index in [1.165, 1.54) is 11.1 Å². The second-order valence-corrected chi connectivity index (χ2v) is 4.35. The van der Waals surface area contributed by atoms with Crippen molar-refractivity contribution in [3.63, 3.8) is 0 Å². The fraction of sp³-hybridized carbons (Fsp3) is 0.400. The summed E-state index contributed by atoms with van der Waals surface area (Å²) in [6.07, 6.45) is 5.81. The average molecular weight is 231 g/mol. The molecule has 0 aromatic heterocycles. The van der Waals surface area contributed by atoms with E-state index in [1.807, 2.05) is 36.1 Å². The predicted molar refractivity (Wildman–Crippen MR) is 71.9 cm³/mol. The summed E-state index contributed by atoms with van der Waals surface area (Å²) in [4.78, 5) is 12.8. The maximum Gasteiger partial charge on any atom is 0.210 e. The lowest BCUT2D eigenvalue weighted by molar-refractivity contribution is -0.119. The zero-order chi connectivity index (χ0) is 12.7. The summed E-state index contributed by atoms with van der Waals surface area (Å²) in [5.74, 6) is 0. The van der Waals surface area contributed by atoms with Gasteiger partial charge in [-0.3, -0.25) is 4.79 Å². The van der Waals surface area contributed by atoms with E-state index >= 15 is 0 Å². The van der Waals surface area contributed by atoms with Crippen LogP contribution in [-0.2, 0) is 11.2 Å². The minimum absolute atomic E-state index is 0.227. The topological polar surface area (TPSA) is 20.3 Å². The summed E-state index contributed by atoms with van der Waals surface area (Å²) in [5.41, 5.74) is 2.60. The first-order valence-corrected chi connectivity index (χ1v) is 6.05. The number of benzene rings is 1. The number of amides is 1. The molecule has 0 saturated heterocycles. The fourth-order valence-corrected chi connectivity index (χ4v) is 1.83. The molecular weight excluding hydrogens is 210 g/mol. The summed E-state index contributed by atoms with van der Waals surface area (Å²) in [7, 11) is 0. The van der Waals surface area contributed by atoms with Crippen molar-refractivity contribution in [2.24, 2.45) is 0 Å². The van der Waals surface area contributed by atoms with Crippen LogP contribution < -0.4 is 0 Å². The zero-order valence-corrected chi connectivity index (χ0v) is 10.9. The van der Waals surface area contributed by atoms with Crippen LogP contribution in [-0.4, -0.2) is 23.9 Å². The number of nitrogens with zero attached hydrogens (tertiary/aromatic N) is 1. The standard InChI is InChI=1S/C15H21NO/c1-4-5-10-16(12-17)14(3)11-15-9-7-6-8-13(15)2/h4-9,12,14H,10-11H2,1-3H3/b5-4+. The van der Waals surface area contributed by atoms with Gasteiger partial charge in [0.1, 0.15) is 0 Å². The lowest BCUT2D eigenvalue weighted by atomic mass is 10.0. The lowest BCUT2D eigenvalue weighted by Crippen LogP contribution is -2.33. The van der Waals surface area contributed by atoms with Gasteiger partial charge in [-0.25, -0.2) is 0 Å². The Kier molecular flexibility index (Phi) is 5.47. The molecule has 0 radical (unpaired) electrons. The Bertz CT molecular complexity index is 384. The van der Waals surface area contributed by atoms with Crippen molar-refractivity contribution >= 4 is 6.41 Å². The Morgan fingerprint density at radius 2 is 2.06 bits per heavy atom. The fourth-order valence-electron chi connectivity index (χ4n) is 1.83. The highest BCUT2D eigenvalue weighted by Crippen LogP contribution is 2.12. The van der Waals surface area contributed by atoms with Crippen molar-refractivity contribution in [2.45, 2.75) is 33.2 Å². The Hall–Kier alpha value is -1.57. The third-order valence-electron chi connectivity index (χ3n) is 3.03. The molecule has 1 unspecified atom stereocenters. The van der Waals surface area contributed by atoms with Crippen molar-refractivity contribution in [2.75, 3.05) is 6.54 Å². The van der Waals surface area contributed by atoms with Gasteiger partial charge in [-0.05, 0) is 38.3 Å². The summed E-state index contributed by atoms with van der Waals surface area (Å²) < 4.78 is 0. The molecule has 0 N–H and O–H groups in total. The minimum atomic E-state index is 0.227. The molecule has 0 spiro atoms. The molecule has 1 aromatic carbocycles. The molecular formula is C15H21NO. The first-order chi connectivity index (χ1) is 8.19. The molecule has 0 bridgehead atoms. The van der Waals surface area contributed by atoms with Crippen molar-refractivity contribution in [1.82, 2.24) is 4.90 Å². The predicted octanol–water partition coefficient (Wildman–Crippen LogP) is 2.96. The summed E-state index contributed by atoms with van der Waals surface area (Å²) in [6.45, 7) is 6.85. The van der Waals surface area contributed by atoms with Crippen LogP contribution >= 0.6 is 0 Å². The largest absolute Gasteiger partial charge is 0.339 e. The summed E-state index contributed by atoms with van der Waals surface area (Å²) in [5, 5.41) is 0. The van der Waals surface area contributed by atoms with E-state index in [0.717, 1.165) is 12.8 Å². The molecule has 17 heavy (non-hydrogen) atoms. The molecule has 1 rings (SSSR count). The number of carbonyl (C=O) groups is 1. The van der Waals surface area contributed by atoms with Crippen LogP contribution in [0, 0.1) is 6.92 Å². The number of allylic oxidation sites excluding steroid dienone is 1. The minimum Gasteiger partial charge on any atom is -0.339 e. The number of carbonyl (C=O) groups excluding carboxylic acids is 1. The molecule has 0 aliphatic carbocycles. The molecule has 2 nitrogen and oxygen atoms in total. The molecule has 0 fully saturated rings. The molecule has 2 heteroatoms. The van der Waals surface area contributed by atoms with Gasteiger partial charge in [0.2, 0.25) is 6.41 Å². The lowest BCUT2D eigenvalue weighted by Gasteiger charge is -2.24. The van der Waals surface area contributed by atoms with E-state index in [9.17, 15) is 4.79 Å². The zero-order valence-electron chi connectivity index (χ0n) is 10.9. The second-order valence-electron chi connectivity index (χ2n) is 4.35. The van der Waals surface area contributed by atoms with Crippen molar-refractivity contribution in [3.05, 3.63) is 47.5 Å². The van der Waals surface area contributed by atoms with Gasteiger partial charge < -0.3 is 4.90 Å². The monoisotopic (exact) mass is 231 g/mol. The number of aryl methyl sites for hydroxylation is 1. The van der Waals surface area contributed by atoms with E-state index in [4.69, 9.17) is 0 Å². The maximum absolute atomic E-state index is 11.0. The maximum atomic E-state index is 11.0. The van der Waals surface area contributed by atoms with Crippen LogP contribution in [0.1, 0.15) is 25.0 Å². The van der Waals surface area contributed by atoms with Crippen LogP contribution in [0.4, 0.5) is 0 Å². The van der Waals surface area contributed by atoms with Crippen LogP contribution in [0.5, 0.6) is 0 Å². The van der Waals surface area contributed by atoms with Gasteiger partial charge in [-0.1, -0.05) is 36.4 Å². The van der Waals surface area contributed by atoms with Crippen LogP contribution in [0.25, 0.3) is 0 Å². The molecule has 1 aromatic rings. The van der Waals surface area contributed by atoms with E-state index in [2.05, 4.69) is 26.0 Å². The molecule has 1 atom stereocenters. The Morgan fingerprint density at radius 1 is 1.35 bits per heavy atom. The van der Waals surface area contributed by atoms with Crippen molar-refractivity contribution < 1.29 is 4.79 Å². The molecule has 92 valence electrons. The first kappa shape index (κ1) is 13.5. The average Bonchev–Trinajstić information content (AvgIpc) is 2.33. The molecule has 1 amide bonds. The van der Waals surface area contributed by atoms with Crippen molar-refractivity contribution in [3.8, 4) is 0 Å². The second kappa shape index (κ2) is 6.89. The Balaban J connectivity index is 2.67. The number of hydrogen-bond donors (Lipinski definition) is 0. The quantitative estimate of drug-likeness (QED) is 0.544. The third-order valence-corrected chi connectivity index (χ3v) is 3.03. The van der Waals surface area contributed by atoms with Crippen LogP contribution in [0.15, 0.2) is 36.4 Å². The van der Waals surface area contributed by atoms with E-state index in [1.54, 1.807) is 0 Å². The number of hydrogen-bond acceptors (Lipinski definition) is 1. The molecule has 0 aliphatic rings. The van der Waals surface area contributed by atoms with E-state index in [-0.39, 0.29) is 6.04 Å². The summed E-state index contributed by atoms with van der Waals surface area (Å²) in [6, 6.07) is 8.56. The molecule has 0 aliphatic heterocycles. The van der Waals surface area contributed by atoms with E-state index < -0.39 is 0 Å². The first-order valence-electron chi connectivity index (χ1n) is 6.05. The summed E-state index contributed by atoms with van der Waals surface area (Å²) >= 11 is 0. The normalized spacial score (nSPS) is 12.6. The van der Waals surface area contributed by atoms with Gasteiger partial charge in [-0.2, -0.15) is 0 Å². The molecule has 0 saturated carbocycles. The van der Waals surface area contributed by atoms with Gasteiger partial charge >= 0.3 is 0 Å². The SMILES string of the molecule is C/C=C/CN(C=O)C(C)Cc1ccccc1C. The van der Waals surface area contributed by atoms with Gasteiger partial charge in [0.05, 0.1) is 0 Å². The Labute approximate surface area is 104 Å². The van der Waals surface area contributed by atoms with Gasteiger partial charge in [0.25, 0.3) is 0 Å².